The highest BCUT2D eigenvalue weighted by Crippen LogP contribution is 2.37. The molecule has 1 atom stereocenters. The highest BCUT2D eigenvalue weighted by atomic mass is 35.5. The van der Waals surface area contributed by atoms with Gasteiger partial charge in [0.1, 0.15) is 11.3 Å². The number of carbonyl (C=O) groups excluding carboxylic acids is 4. The number of esters is 1. The summed E-state index contributed by atoms with van der Waals surface area (Å²) in [6.45, 7) is 1.73. The van der Waals surface area contributed by atoms with Crippen molar-refractivity contribution >= 4 is 52.4 Å². The summed E-state index contributed by atoms with van der Waals surface area (Å²) in [7, 11) is 0. The van der Waals surface area contributed by atoms with Crippen LogP contribution in [0.5, 0.6) is 5.75 Å². The van der Waals surface area contributed by atoms with E-state index in [1.807, 2.05) is 0 Å². The number of nitro groups is 1. The molecule has 10 nitrogen and oxygen atoms in total. The molecule has 2 aliphatic rings. The molecule has 0 aliphatic carbocycles. The van der Waals surface area contributed by atoms with E-state index in [9.17, 15) is 29.3 Å². The van der Waals surface area contributed by atoms with Crippen molar-refractivity contribution in [2.75, 3.05) is 16.3 Å². The Kier molecular flexibility index (Phi) is 5.96. The molecule has 1 fully saturated rings. The van der Waals surface area contributed by atoms with Crippen molar-refractivity contribution in [3.05, 3.63) is 92.5 Å². The van der Waals surface area contributed by atoms with Gasteiger partial charge < -0.3 is 9.64 Å². The van der Waals surface area contributed by atoms with Gasteiger partial charge in [-0.2, -0.15) is 0 Å². The molecule has 37 heavy (non-hydrogen) atoms. The fourth-order valence-electron chi connectivity index (χ4n) is 4.55. The lowest BCUT2D eigenvalue weighted by Gasteiger charge is -2.18. The van der Waals surface area contributed by atoms with E-state index in [0.717, 1.165) is 4.90 Å². The van der Waals surface area contributed by atoms with Gasteiger partial charge in [0.15, 0.2) is 0 Å². The van der Waals surface area contributed by atoms with Crippen molar-refractivity contribution in [1.29, 1.82) is 0 Å². The van der Waals surface area contributed by atoms with Gasteiger partial charge in [-0.1, -0.05) is 29.8 Å². The lowest BCUT2D eigenvalue weighted by Crippen LogP contribution is -2.30. The maximum atomic E-state index is 13.0. The zero-order valence-corrected chi connectivity index (χ0v) is 20.1. The fraction of sp³-hybridized carbons (Fsp3) is 0.154. The maximum absolute atomic E-state index is 13.0. The predicted octanol–water partition coefficient (Wildman–Crippen LogP) is 4.32. The second kappa shape index (κ2) is 9.14. The van der Waals surface area contributed by atoms with Crippen LogP contribution in [0.4, 0.5) is 17.1 Å². The van der Waals surface area contributed by atoms with Gasteiger partial charge in [-0.25, -0.2) is 4.90 Å². The number of carbonyl (C=O) groups is 4. The molecule has 0 radical (unpaired) electrons. The van der Waals surface area contributed by atoms with Gasteiger partial charge in [-0.15, -0.1) is 0 Å². The Hall–Kier alpha value is -4.57. The van der Waals surface area contributed by atoms with Crippen molar-refractivity contribution in [2.45, 2.75) is 13.3 Å². The van der Waals surface area contributed by atoms with Crippen LogP contribution in [0.1, 0.15) is 32.7 Å². The number of aryl methyl sites for hydroxylation is 1. The maximum Gasteiger partial charge on any atom is 0.316 e. The number of halogens is 1. The van der Waals surface area contributed by atoms with E-state index in [1.54, 1.807) is 31.2 Å². The lowest BCUT2D eigenvalue weighted by atomic mass is 10.1. The van der Waals surface area contributed by atoms with Crippen molar-refractivity contribution in [1.82, 2.24) is 0 Å². The third kappa shape index (κ3) is 4.11. The van der Waals surface area contributed by atoms with Crippen molar-refractivity contribution in [3.63, 3.8) is 0 Å². The summed E-state index contributed by atoms with van der Waals surface area (Å²) in [6, 6.07) is 15.1. The first kappa shape index (κ1) is 24.1. The number of amides is 3. The van der Waals surface area contributed by atoms with Crippen LogP contribution in [0.25, 0.3) is 0 Å². The van der Waals surface area contributed by atoms with Gasteiger partial charge in [0.2, 0.25) is 5.91 Å². The third-order valence-electron chi connectivity index (χ3n) is 6.32. The number of para-hydroxylation sites is 1. The summed E-state index contributed by atoms with van der Waals surface area (Å²) in [5.74, 6) is -2.88. The summed E-state index contributed by atoms with van der Waals surface area (Å²) < 4.78 is 5.50. The second-order valence-electron chi connectivity index (χ2n) is 8.63. The van der Waals surface area contributed by atoms with Gasteiger partial charge in [0.25, 0.3) is 17.5 Å². The molecule has 11 heteroatoms. The van der Waals surface area contributed by atoms with Gasteiger partial charge in [0.05, 0.1) is 32.8 Å². The lowest BCUT2D eigenvalue weighted by molar-refractivity contribution is -0.385. The number of anilines is 2. The highest BCUT2D eigenvalue weighted by molar-refractivity contribution is 6.36. The van der Waals surface area contributed by atoms with Crippen LogP contribution < -0.4 is 14.5 Å². The summed E-state index contributed by atoms with van der Waals surface area (Å²) in [5.41, 5.74) is 0.401. The molecule has 1 saturated heterocycles. The molecule has 0 bridgehead atoms. The summed E-state index contributed by atoms with van der Waals surface area (Å²) in [5, 5.41) is 11.8. The van der Waals surface area contributed by atoms with E-state index < -0.39 is 34.3 Å². The van der Waals surface area contributed by atoms with E-state index >= 15 is 0 Å². The first-order chi connectivity index (χ1) is 17.7. The van der Waals surface area contributed by atoms with Crippen LogP contribution in [0.15, 0.2) is 60.7 Å². The SMILES string of the molecule is Cc1cc(OC(=O)[C@H]2CC(=O)N(c3ccccc3Cl)C2)ccc1N1C(=O)c2cccc([N+](=O)[O-])c2C1=O. The van der Waals surface area contributed by atoms with Gasteiger partial charge in [0, 0.05) is 19.0 Å². The van der Waals surface area contributed by atoms with Crippen LogP contribution in [0.2, 0.25) is 5.02 Å². The van der Waals surface area contributed by atoms with Gasteiger partial charge in [-0.05, 0) is 48.9 Å². The monoisotopic (exact) mass is 519 g/mol. The minimum atomic E-state index is -0.802. The first-order valence-electron chi connectivity index (χ1n) is 11.2. The molecule has 186 valence electrons. The number of fused-ring (bicyclic) bond motifs is 1. The minimum absolute atomic E-state index is 0.0328. The molecule has 2 heterocycles. The Balaban J connectivity index is 1.33. The van der Waals surface area contributed by atoms with Gasteiger partial charge in [-0.3, -0.25) is 29.3 Å². The number of imide groups is 1. The molecule has 0 unspecified atom stereocenters. The second-order valence-corrected chi connectivity index (χ2v) is 9.04. The average molecular weight is 520 g/mol. The van der Waals surface area contributed by atoms with Crippen LogP contribution in [0.3, 0.4) is 0 Å². The Labute approximate surface area is 215 Å². The van der Waals surface area contributed by atoms with Crippen LogP contribution in [0, 0.1) is 23.0 Å². The summed E-state index contributed by atoms with van der Waals surface area (Å²) in [6.07, 6.45) is -0.0328. The largest absolute Gasteiger partial charge is 0.426 e. The zero-order chi connectivity index (χ0) is 26.4. The van der Waals surface area contributed by atoms with E-state index in [0.29, 0.717) is 16.3 Å². The minimum Gasteiger partial charge on any atom is -0.426 e. The molecule has 0 saturated carbocycles. The average Bonchev–Trinajstić information content (AvgIpc) is 3.37. The number of nitrogens with zero attached hydrogens (tertiary/aromatic N) is 3. The normalized spacial score (nSPS) is 16.8. The summed E-state index contributed by atoms with van der Waals surface area (Å²) in [4.78, 5) is 64.2. The zero-order valence-electron chi connectivity index (χ0n) is 19.3. The van der Waals surface area contributed by atoms with Crippen molar-refractivity contribution in [3.8, 4) is 5.75 Å². The van der Waals surface area contributed by atoms with Gasteiger partial charge >= 0.3 is 5.97 Å². The van der Waals surface area contributed by atoms with E-state index in [-0.39, 0.29) is 41.4 Å². The molecule has 2 aliphatic heterocycles. The molecule has 0 spiro atoms. The molecule has 5 rings (SSSR count). The smallest absolute Gasteiger partial charge is 0.316 e. The Bertz CT molecular complexity index is 1520. The van der Waals surface area contributed by atoms with E-state index in [1.165, 1.54) is 41.3 Å². The molecule has 0 aromatic heterocycles. The number of rotatable bonds is 5. The molecule has 3 amide bonds. The Morgan fingerprint density at radius 1 is 1.03 bits per heavy atom. The van der Waals surface area contributed by atoms with Crippen LogP contribution >= 0.6 is 11.6 Å². The fourth-order valence-corrected chi connectivity index (χ4v) is 4.79. The van der Waals surface area contributed by atoms with E-state index in [4.69, 9.17) is 16.3 Å². The van der Waals surface area contributed by atoms with Crippen LogP contribution in [-0.4, -0.2) is 35.2 Å². The van der Waals surface area contributed by atoms with Crippen molar-refractivity contribution in [2.24, 2.45) is 5.92 Å². The number of hydrogen-bond acceptors (Lipinski definition) is 7. The van der Waals surface area contributed by atoms with E-state index in [2.05, 4.69) is 0 Å². The molecule has 3 aromatic carbocycles. The topological polar surface area (TPSA) is 127 Å². The number of benzene rings is 3. The first-order valence-corrected chi connectivity index (χ1v) is 11.6. The molecular formula is C26H18ClN3O7. The summed E-state index contributed by atoms with van der Waals surface area (Å²) >= 11 is 6.19. The Morgan fingerprint density at radius 3 is 2.49 bits per heavy atom. The molecule has 0 N–H and O–H groups in total. The quantitative estimate of drug-likeness (QED) is 0.161. The predicted molar refractivity (Wildman–Crippen MR) is 133 cm³/mol. The third-order valence-corrected chi connectivity index (χ3v) is 6.64. The number of nitro benzene ring substituents is 1. The highest BCUT2D eigenvalue weighted by Gasteiger charge is 2.42. The number of ether oxygens (including phenoxy) is 1. The Morgan fingerprint density at radius 2 is 1.78 bits per heavy atom. The van der Waals surface area contributed by atoms with Crippen molar-refractivity contribution < 1.29 is 28.8 Å². The number of hydrogen-bond donors (Lipinski definition) is 0. The standard InChI is InChI=1S/C26H18ClN3O7/c1-14-11-16(37-26(34)15-12-22(31)28(13-15)20-7-3-2-6-18(20)27)9-10-19(14)29-24(32)17-5-4-8-21(30(35)36)23(17)25(29)33/h2-11,15H,12-13H2,1H3/t15-/m0/s1. The van der Waals surface area contributed by atoms with Crippen LogP contribution in [-0.2, 0) is 9.59 Å². The molecular weight excluding hydrogens is 502 g/mol. The molecule has 3 aromatic rings.